The summed E-state index contributed by atoms with van der Waals surface area (Å²) in [5, 5.41) is 10.2. The lowest BCUT2D eigenvalue weighted by atomic mass is 9.81. The maximum absolute atomic E-state index is 13.2. The number of nitrogens with two attached hydrogens (primary N) is 1. The Labute approximate surface area is 230 Å². The predicted molar refractivity (Wildman–Crippen MR) is 144 cm³/mol. The zero-order chi connectivity index (χ0) is 28.8. The number of hydrogen-bond acceptors (Lipinski definition) is 10. The van der Waals surface area contributed by atoms with Gasteiger partial charge < -0.3 is 24.7 Å². The van der Waals surface area contributed by atoms with Crippen molar-refractivity contribution in [3.63, 3.8) is 0 Å². The SMILES string of the molecule is COC(=O)C1=C(C(=O)OC)N(c2cccc(Oc3ccc(C(=O)OC)cc3)c2)C(N)=C(C#N)C1c1ccccc1. The molecule has 1 atom stereocenters. The summed E-state index contributed by atoms with van der Waals surface area (Å²) in [7, 11) is 3.66. The molecule has 0 saturated heterocycles. The van der Waals surface area contributed by atoms with E-state index in [1.165, 1.54) is 26.2 Å². The molecule has 3 aromatic rings. The van der Waals surface area contributed by atoms with Gasteiger partial charge >= 0.3 is 17.9 Å². The Morgan fingerprint density at radius 1 is 0.800 bits per heavy atom. The number of esters is 3. The summed E-state index contributed by atoms with van der Waals surface area (Å²) in [6.07, 6.45) is 0. The molecule has 1 aliphatic rings. The van der Waals surface area contributed by atoms with Crippen LogP contribution in [0, 0.1) is 11.3 Å². The van der Waals surface area contributed by atoms with E-state index in [-0.39, 0.29) is 22.7 Å². The summed E-state index contributed by atoms with van der Waals surface area (Å²) in [6.45, 7) is 0. The van der Waals surface area contributed by atoms with Crippen LogP contribution in [-0.4, -0.2) is 39.2 Å². The van der Waals surface area contributed by atoms with Crippen molar-refractivity contribution in [1.29, 1.82) is 5.26 Å². The lowest BCUT2D eigenvalue weighted by Crippen LogP contribution is -2.40. The van der Waals surface area contributed by atoms with Crippen LogP contribution in [0.25, 0.3) is 0 Å². The van der Waals surface area contributed by atoms with Crippen LogP contribution in [0.2, 0.25) is 0 Å². The molecule has 0 fully saturated rings. The molecule has 0 radical (unpaired) electrons. The monoisotopic (exact) mass is 539 g/mol. The van der Waals surface area contributed by atoms with E-state index in [0.717, 1.165) is 0 Å². The minimum Gasteiger partial charge on any atom is -0.466 e. The molecule has 40 heavy (non-hydrogen) atoms. The van der Waals surface area contributed by atoms with Gasteiger partial charge in [-0.1, -0.05) is 36.4 Å². The minimum atomic E-state index is -0.975. The van der Waals surface area contributed by atoms with E-state index in [9.17, 15) is 19.6 Å². The van der Waals surface area contributed by atoms with Gasteiger partial charge in [-0.25, -0.2) is 14.4 Å². The predicted octanol–water partition coefficient (Wildman–Crippen LogP) is 4.16. The topological polar surface area (TPSA) is 141 Å². The normalized spacial score (nSPS) is 14.8. The van der Waals surface area contributed by atoms with Crippen molar-refractivity contribution in [2.24, 2.45) is 5.73 Å². The summed E-state index contributed by atoms with van der Waals surface area (Å²) in [5.74, 6) is -2.42. The van der Waals surface area contributed by atoms with Gasteiger partial charge in [0.05, 0.1) is 55.7 Å². The second kappa shape index (κ2) is 11.9. The smallest absolute Gasteiger partial charge is 0.355 e. The Kier molecular flexibility index (Phi) is 8.16. The van der Waals surface area contributed by atoms with Gasteiger partial charge in [-0.15, -0.1) is 0 Å². The highest BCUT2D eigenvalue weighted by Gasteiger charge is 2.43. The number of anilines is 1. The fourth-order valence-corrected chi connectivity index (χ4v) is 4.38. The number of ether oxygens (including phenoxy) is 4. The molecule has 10 nitrogen and oxygen atoms in total. The van der Waals surface area contributed by atoms with E-state index in [2.05, 4.69) is 6.07 Å². The van der Waals surface area contributed by atoms with Crippen LogP contribution in [0.3, 0.4) is 0 Å². The standard InChI is InChI=1S/C30H25N3O7/c1-37-28(34)19-12-14-21(15-13-19)40-22-11-7-10-20(16-22)33-26(30(36)39-3)25(29(35)38-2)24(23(17-31)27(33)32)18-8-5-4-6-9-18/h4-16,24H,32H2,1-3H3. The van der Waals surface area contributed by atoms with Crippen molar-refractivity contribution in [1.82, 2.24) is 0 Å². The number of benzene rings is 3. The molecule has 4 rings (SSSR count). The van der Waals surface area contributed by atoms with E-state index < -0.39 is 23.8 Å². The molecule has 0 aliphatic carbocycles. The third-order valence-electron chi connectivity index (χ3n) is 6.20. The third kappa shape index (κ3) is 5.21. The van der Waals surface area contributed by atoms with E-state index in [1.807, 2.05) is 0 Å². The van der Waals surface area contributed by atoms with E-state index in [1.54, 1.807) is 78.9 Å². The highest BCUT2D eigenvalue weighted by Crippen LogP contribution is 2.43. The fraction of sp³-hybridized carbons (Fsp3) is 0.133. The second-order valence-electron chi connectivity index (χ2n) is 8.45. The Bertz CT molecular complexity index is 1550. The number of hydrogen-bond donors (Lipinski definition) is 1. The van der Waals surface area contributed by atoms with Gasteiger partial charge in [-0.3, -0.25) is 4.90 Å². The van der Waals surface area contributed by atoms with Crippen LogP contribution in [0.1, 0.15) is 21.8 Å². The first-order chi connectivity index (χ1) is 19.3. The van der Waals surface area contributed by atoms with Gasteiger partial charge in [-0.05, 0) is 42.0 Å². The van der Waals surface area contributed by atoms with E-state index >= 15 is 0 Å². The zero-order valence-electron chi connectivity index (χ0n) is 21.9. The van der Waals surface area contributed by atoms with Crippen LogP contribution in [0.5, 0.6) is 11.5 Å². The molecule has 0 amide bonds. The summed E-state index contributed by atoms with van der Waals surface area (Å²) in [6, 6.07) is 23.7. The van der Waals surface area contributed by atoms with Crippen molar-refractivity contribution in [3.05, 3.63) is 113 Å². The van der Waals surface area contributed by atoms with Crippen LogP contribution in [-0.2, 0) is 23.8 Å². The van der Waals surface area contributed by atoms with E-state index in [0.29, 0.717) is 28.3 Å². The van der Waals surface area contributed by atoms with Crippen LogP contribution >= 0.6 is 0 Å². The van der Waals surface area contributed by atoms with Gasteiger partial charge in [0.2, 0.25) is 0 Å². The maximum atomic E-state index is 13.2. The molecule has 0 aromatic heterocycles. The number of allylic oxidation sites excluding steroid dienone is 1. The van der Waals surface area contributed by atoms with Gasteiger partial charge in [0, 0.05) is 6.07 Å². The maximum Gasteiger partial charge on any atom is 0.355 e. The molecule has 202 valence electrons. The number of nitriles is 1. The van der Waals surface area contributed by atoms with Gasteiger partial charge in [-0.2, -0.15) is 5.26 Å². The fourth-order valence-electron chi connectivity index (χ4n) is 4.38. The number of carbonyl (C=O) groups excluding carboxylic acids is 3. The molecule has 3 aromatic carbocycles. The number of nitrogens with zero attached hydrogens (tertiary/aromatic N) is 2. The summed E-state index contributed by atoms with van der Waals surface area (Å²) >= 11 is 0. The average molecular weight is 540 g/mol. The molecular weight excluding hydrogens is 514 g/mol. The lowest BCUT2D eigenvalue weighted by molar-refractivity contribution is -0.139. The number of carbonyl (C=O) groups is 3. The second-order valence-corrected chi connectivity index (χ2v) is 8.45. The Balaban J connectivity index is 1.85. The van der Waals surface area contributed by atoms with Crippen molar-refractivity contribution < 1.29 is 33.3 Å². The highest BCUT2D eigenvalue weighted by molar-refractivity contribution is 6.06. The minimum absolute atomic E-state index is 0.0453. The Hall–Kier alpha value is -5.56. The first-order valence-electron chi connectivity index (χ1n) is 12.0. The highest BCUT2D eigenvalue weighted by atomic mass is 16.5. The summed E-state index contributed by atoms with van der Waals surface area (Å²) in [4.78, 5) is 39.4. The molecule has 1 unspecified atom stereocenters. The Morgan fingerprint density at radius 2 is 1.45 bits per heavy atom. The third-order valence-corrected chi connectivity index (χ3v) is 6.20. The molecule has 0 bridgehead atoms. The van der Waals surface area contributed by atoms with Crippen LogP contribution in [0.4, 0.5) is 5.69 Å². The van der Waals surface area contributed by atoms with E-state index in [4.69, 9.17) is 24.7 Å². The van der Waals surface area contributed by atoms with Crippen molar-refractivity contribution in [2.75, 3.05) is 26.2 Å². The molecule has 1 heterocycles. The molecule has 0 spiro atoms. The largest absolute Gasteiger partial charge is 0.466 e. The molecular formula is C30H25N3O7. The van der Waals surface area contributed by atoms with Crippen molar-refractivity contribution in [2.45, 2.75) is 5.92 Å². The first kappa shape index (κ1) is 27.5. The molecule has 10 heteroatoms. The first-order valence-corrected chi connectivity index (χ1v) is 12.0. The van der Waals surface area contributed by atoms with Crippen molar-refractivity contribution in [3.8, 4) is 17.6 Å². The van der Waals surface area contributed by atoms with Gasteiger partial charge in [0.1, 0.15) is 23.0 Å². The lowest BCUT2D eigenvalue weighted by Gasteiger charge is -2.36. The van der Waals surface area contributed by atoms with Crippen LogP contribution < -0.4 is 15.4 Å². The average Bonchev–Trinajstić information content (AvgIpc) is 3.00. The molecule has 2 N–H and O–H groups in total. The summed E-state index contributed by atoms with van der Waals surface area (Å²) in [5.41, 5.74) is 7.54. The zero-order valence-corrected chi connectivity index (χ0v) is 21.9. The van der Waals surface area contributed by atoms with Crippen LogP contribution in [0.15, 0.2) is 102 Å². The Morgan fingerprint density at radius 3 is 2.05 bits per heavy atom. The molecule has 1 aliphatic heterocycles. The summed E-state index contributed by atoms with van der Waals surface area (Å²) < 4.78 is 20.8. The molecule has 0 saturated carbocycles. The number of rotatable bonds is 7. The van der Waals surface area contributed by atoms with Crippen molar-refractivity contribution >= 4 is 23.6 Å². The quantitative estimate of drug-likeness (QED) is 0.344. The van der Waals surface area contributed by atoms with Gasteiger partial charge in [0.25, 0.3) is 0 Å². The van der Waals surface area contributed by atoms with Gasteiger partial charge in [0.15, 0.2) is 0 Å². The number of methoxy groups -OCH3 is 3.